The molecule has 3 nitrogen and oxygen atoms in total. The molecule has 0 amide bonds. The van der Waals surface area contributed by atoms with Crippen molar-refractivity contribution in [2.45, 2.75) is 6.92 Å². The van der Waals surface area contributed by atoms with Crippen LogP contribution in [0.1, 0.15) is 17.3 Å². The minimum absolute atomic E-state index is 0.248. The van der Waals surface area contributed by atoms with Gasteiger partial charge in [0, 0.05) is 5.69 Å². The van der Waals surface area contributed by atoms with Crippen LogP contribution in [0.15, 0.2) is 24.3 Å². The standard InChI is InChI=1S/C11H13NO2S/c1-2-14-11(13)9-3-5-10(6-4-9)12-7-15-8-12/h3-6H,2,7-8H2,1H3. The van der Waals surface area contributed by atoms with E-state index >= 15 is 0 Å². The topological polar surface area (TPSA) is 29.5 Å². The highest BCUT2D eigenvalue weighted by Crippen LogP contribution is 2.26. The summed E-state index contributed by atoms with van der Waals surface area (Å²) in [5.74, 6) is 1.83. The second kappa shape index (κ2) is 4.57. The molecule has 1 aliphatic rings. The van der Waals surface area contributed by atoms with Gasteiger partial charge in [0.25, 0.3) is 0 Å². The van der Waals surface area contributed by atoms with Crippen LogP contribution in [-0.2, 0) is 4.74 Å². The molecule has 1 fully saturated rings. The van der Waals surface area contributed by atoms with E-state index in [4.69, 9.17) is 4.74 Å². The zero-order chi connectivity index (χ0) is 10.7. The Bertz CT molecular complexity index is 346. The SMILES string of the molecule is CCOC(=O)c1ccc(N2CSC2)cc1. The van der Waals surface area contributed by atoms with Gasteiger partial charge >= 0.3 is 5.97 Å². The van der Waals surface area contributed by atoms with Crippen molar-refractivity contribution in [3.63, 3.8) is 0 Å². The number of rotatable bonds is 3. The normalized spacial score (nSPS) is 14.6. The van der Waals surface area contributed by atoms with E-state index in [-0.39, 0.29) is 5.97 Å². The highest BCUT2D eigenvalue weighted by molar-refractivity contribution is 8.00. The van der Waals surface area contributed by atoms with Gasteiger partial charge in [-0.05, 0) is 31.2 Å². The lowest BCUT2D eigenvalue weighted by atomic mass is 10.2. The molecule has 1 aromatic carbocycles. The fourth-order valence-corrected chi connectivity index (χ4v) is 2.02. The van der Waals surface area contributed by atoms with Crippen LogP contribution in [-0.4, -0.2) is 24.3 Å². The van der Waals surface area contributed by atoms with Crippen molar-refractivity contribution >= 4 is 23.4 Å². The fraction of sp³-hybridized carbons (Fsp3) is 0.364. The van der Waals surface area contributed by atoms with E-state index in [0.29, 0.717) is 12.2 Å². The van der Waals surface area contributed by atoms with Crippen molar-refractivity contribution in [1.29, 1.82) is 0 Å². The van der Waals surface area contributed by atoms with Crippen molar-refractivity contribution in [2.24, 2.45) is 0 Å². The third-order valence-corrected chi connectivity index (χ3v) is 3.23. The Hall–Kier alpha value is -1.16. The Morgan fingerprint density at radius 3 is 2.53 bits per heavy atom. The van der Waals surface area contributed by atoms with Gasteiger partial charge < -0.3 is 9.64 Å². The lowest BCUT2D eigenvalue weighted by Crippen LogP contribution is -2.31. The first kappa shape index (κ1) is 10.4. The van der Waals surface area contributed by atoms with Gasteiger partial charge in [0.1, 0.15) is 0 Å². The molecular weight excluding hydrogens is 210 g/mol. The Morgan fingerprint density at radius 2 is 2.07 bits per heavy atom. The lowest BCUT2D eigenvalue weighted by Gasteiger charge is -2.32. The van der Waals surface area contributed by atoms with Crippen molar-refractivity contribution in [3.05, 3.63) is 29.8 Å². The molecule has 0 unspecified atom stereocenters. The van der Waals surface area contributed by atoms with Crippen LogP contribution in [0.5, 0.6) is 0 Å². The minimum atomic E-state index is -0.248. The first-order chi connectivity index (χ1) is 7.31. The number of anilines is 1. The first-order valence-corrected chi connectivity index (χ1v) is 6.06. The Morgan fingerprint density at radius 1 is 1.40 bits per heavy atom. The molecule has 0 bridgehead atoms. The predicted octanol–water partition coefficient (Wildman–Crippen LogP) is 2.33. The summed E-state index contributed by atoms with van der Waals surface area (Å²) in [5, 5.41) is 0. The fourth-order valence-electron chi connectivity index (χ4n) is 1.35. The highest BCUT2D eigenvalue weighted by Gasteiger charge is 2.15. The molecule has 0 atom stereocenters. The van der Waals surface area contributed by atoms with Crippen LogP contribution in [0.3, 0.4) is 0 Å². The molecule has 0 saturated carbocycles. The molecule has 4 heteroatoms. The third kappa shape index (κ3) is 2.26. The van der Waals surface area contributed by atoms with E-state index in [1.165, 1.54) is 5.69 Å². The summed E-state index contributed by atoms with van der Waals surface area (Å²) >= 11 is 1.89. The number of thioether (sulfide) groups is 1. The Labute approximate surface area is 93.4 Å². The number of benzene rings is 1. The van der Waals surface area contributed by atoms with Crippen molar-refractivity contribution in [1.82, 2.24) is 0 Å². The van der Waals surface area contributed by atoms with Gasteiger partial charge in [-0.3, -0.25) is 0 Å². The molecule has 2 rings (SSSR count). The molecule has 0 aromatic heterocycles. The van der Waals surface area contributed by atoms with Gasteiger partial charge in [0.2, 0.25) is 0 Å². The van der Waals surface area contributed by atoms with E-state index in [2.05, 4.69) is 4.90 Å². The van der Waals surface area contributed by atoms with Crippen molar-refractivity contribution in [3.8, 4) is 0 Å². The summed E-state index contributed by atoms with van der Waals surface area (Å²) in [6.45, 7) is 2.23. The summed E-state index contributed by atoms with van der Waals surface area (Å²) in [4.78, 5) is 13.6. The minimum Gasteiger partial charge on any atom is -0.462 e. The Balaban J connectivity index is 2.06. The molecule has 0 aliphatic carbocycles. The molecular formula is C11H13NO2S. The quantitative estimate of drug-likeness (QED) is 0.736. The molecule has 80 valence electrons. The van der Waals surface area contributed by atoms with Crippen molar-refractivity contribution in [2.75, 3.05) is 23.3 Å². The zero-order valence-corrected chi connectivity index (χ0v) is 9.42. The van der Waals surface area contributed by atoms with Gasteiger partial charge in [-0.25, -0.2) is 4.79 Å². The number of nitrogens with zero attached hydrogens (tertiary/aromatic N) is 1. The average Bonchev–Trinajstić information content (AvgIpc) is 2.16. The molecule has 0 N–H and O–H groups in total. The summed E-state index contributed by atoms with van der Waals surface area (Å²) in [6, 6.07) is 7.56. The number of ether oxygens (including phenoxy) is 1. The number of esters is 1. The summed E-state index contributed by atoms with van der Waals surface area (Å²) in [6.07, 6.45) is 0. The molecule has 1 heterocycles. The summed E-state index contributed by atoms with van der Waals surface area (Å²) in [5.41, 5.74) is 1.79. The van der Waals surface area contributed by atoms with Crippen LogP contribution < -0.4 is 4.90 Å². The van der Waals surface area contributed by atoms with Gasteiger partial charge in [0.05, 0.1) is 23.9 Å². The molecule has 1 aromatic rings. The molecule has 1 saturated heterocycles. The lowest BCUT2D eigenvalue weighted by molar-refractivity contribution is 0.0526. The maximum atomic E-state index is 11.4. The van der Waals surface area contributed by atoms with E-state index in [1.807, 2.05) is 43.0 Å². The number of hydrogen-bond donors (Lipinski definition) is 0. The van der Waals surface area contributed by atoms with Crippen LogP contribution in [0.25, 0.3) is 0 Å². The highest BCUT2D eigenvalue weighted by atomic mass is 32.2. The van der Waals surface area contributed by atoms with E-state index < -0.39 is 0 Å². The predicted molar refractivity (Wildman–Crippen MR) is 62.2 cm³/mol. The molecule has 15 heavy (non-hydrogen) atoms. The average molecular weight is 223 g/mol. The number of hydrogen-bond acceptors (Lipinski definition) is 4. The van der Waals surface area contributed by atoms with Gasteiger partial charge in [-0.15, -0.1) is 11.8 Å². The molecule has 1 aliphatic heterocycles. The zero-order valence-electron chi connectivity index (χ0n) is 8.60. The van der Waals surface area contributed by atoms with E-state index in [9.17, 15) is 4.79 Å². The smallest absolute Gasteiger partial charge is 0.338 e. The molecule has 0 radical (unpaired) electrons. The van der Waals surface area contributed by atoms with E-state index in [0.717, 1.165) is 11.8 Å². The van der Waals surface area contributed by atoms with E-state index in [1.54, 1.807) is 0 Å². The number of carbonyl (C=O) groups is 1. The van der Waals surface area contributed by atoms with Gasteiger partial charge in [-0.2, -0.15) is 0 Å². The van der Waals surface area contributed by atoms with Crippen LogP contribution >= 0.6 is 11.8 Å². The van der Waals surface area contributed by atoms with Crippen molar-refractivity contribution < 1.29 is 9.53 Å². The summed E-state index contributed by atoms with van der Waals surface area (Å²) in [7, 11) is 0. The van der Waals surface area contributed by atoms with Crippen LogP contribution in [0, 0.1) is 0 Å². The maximum absolute atomic E-state index is 11.4. The largest absolute Gasteiger partial charge is 0.462 e. The van der Waals surface area contributed by atoms with Crippen LogP contribution in [0.4, 0.5) is 5.69 Å². The summed E-state index contributed by atoms with van der Waals surface area (Å²) < 4.78 is 4.91. The second-order valence-electron chi connectivity index (χ2n) is 3.27. The molecule has 0 spiro atoms. The Kier molecular flexibility index (Phi) is 3.16. The maximum Gasteiger partial charge on any atom is 0.338 e. The number of carbonyl (C=O) groups excluding carboxylic acids is 1. The van der Waals surface area contributed by atoms with Gasteiger partial charge in [0.15, 0.2) is 0 Å². The third-order valence-electron chi connectivity index (χ3n) is 2.24. The van der Waals surface area contributed by atoms with Gasteiger partial charge in [-0.1, -0.05) is 0 Å². The first-order valence-electron chi connectivity index (χ1n) is 4.91. The monoisotopic (exact) mass is 223 g/mol. The van der Waals surface area contributed by atoms with Crippen LogP contribution in [0.2, 0.25) is 0 Å². The second-order valence-corrected chi connectivity index (χ2v) is 4.19.